The van der Waals surface area contributed by atoms with E-state index in [0.29, 0.717) is 5.56 Å². The summed E-state index contributed by atoms with van der Waals surface area (Å²) >= 11 is 6.22. The van der Waals surface area contributed by atoms with E-state index in [1.165, 1.54) is 23.4 Å². The van der Waals surface area contributed by atoms with Gasteiger partial charge < -0.3 is 0 Å². The van der Waals surface area contributed by atoms with Crippen LogP contribution in [0.25, 0.3) is 0 Å². The maximum Gasteiger partial charge on any atom is 0.271 e. The van der Waals surface area contributed by atoms with Crippen molar-refractivity contribution in [3.8, 4) is 0 Å². The second-order valence-corrected chi connectivity index (χ2v) is 8.06. The van der Waals surface area contributed by atoms with Gasteiger partial charge in [0.15, 0.2) is 5.78 Å². The van der Waals surface area contributed by atoms with E-state index in [9.17, 15) is 24.5 Å². The zero-order valence-corrected chi connectivity index (χ0v) is 17.1. The van der Waals surface area contributed by atoms with E-state index in [1.54, 1.807) is 42.5 Å². The third-order valence-electron chi connectivity index (χ3n) is 6.00. The summed E-state index contributed by atoms with van der Waals surface area (Å²) < 4.78 is 0. The number of nitrogens with zero attached hydrogens (tertiary/aromatic N) is 4. The number of imide groups is 1. The van der Waals surface area contributed by atoms with Crippen LogP contribution in [0, 0.1) is 22.0 Å². The van der Waals surface area contributed by atoms with E-state index in [4.69, 9.17) is 11.6 Å². The number of rotatable bonds is 4. The van der Waals surface area contributed by atoms with Crippen LogP contribution >= 0.6 is 11.6 Å². The number of non-ortho nitro benzene ring substituents is 1. The maximum atomic E-state index is 13.5. The quantitative estimate of drug-likeness (QED) is 0.306. The number of anilines is 1. The number of fused-ring (bicyclic) bond motifs is 3. The van der Waals surface area contributed by atoms with Crippen LogP contribution in [0.1, 0.15) is 10.4 Å². The van der Waals surface area contributed by atoms with Gasteiger partial charge in [0, 0.05) is 23.9 Å². The Morgan fingerprint density at radius 2 is 1.78 bits per heavy atom. The second kappa shape index (κ2) is 7.38. The lowest BCUT2D eigenvalue weighted by molar-refractivity contribution is -0.384. The molecule has 2 aromatic carbocycles. The first-order valence-electron chi connectivity index (χ1n) is 9.80. The Bertz CT molecular complexity index is 1230. The summed E-state index contributed by atoms with van der Waals surface area (Å²) in [4.78, 5) is 51.9. The fourth-order valence-corrected chi connectivity index (χ4v) is 4.84. The average molecular weight is 451 g/mol. The molecule has 2 aromatic rings. The summed E-state index contributed by atoms with van der Waals surface area (Å²) in [5, 5.41) is 17.0. The van der Waals surface area contributed by atoms with Gasteiger partial charge in [0.2, 0.25) is 11.8 Å². The number of nitro benzene ring substituents is 1. The molecule has 4 atom stereocenters. The predicted octanol–water partition coefficient (Wildman–Crippen LogP) is 2.85. The molecular weight excluding hydrogens is 436 g/mol. The van der Waals surface area contributed by atoms with Crippen molar-refractivity contribution in [3.05, 3.63) is 81.4 Å². The summed E-state index contributed by atoms with van der Waals surface area (Å²) in [6.45, 7) is 0. The molecule has 3 aliphatic rings. The van der Waals surface area contributed by atoms with E-state index in [0.717, 1.165) is 11.0 Å². The molecule has 0 aromatic heterocycles. The van der Waals surface area contributed by atoms with E-state index in [1.807, 2.05) is 0 Å². The number of ketones is 1. The van der Waals surface area contributed by atoms with Crippen molar-refractivity contribution >= 4 is 46.8 Å². The number of carbonyl (C=O) groups is 3. The summed E-state index contributed by atoms with van der Waals surface area (Å²) in [6, 6.07) is 10.5. The first-order chi connectivity index (χ1) is 15.4. The van der Waals surface area contributed by atoms with Crippen LogP contribution in [-0.4, -0.2) is 45.8 Å². The number of amides is 2. The smallest absolute Gasteiger partial charge is 0.271 e. The number of halogens is 1. The van der Waals surface area contributed by atoms with Crippen molar-refractivity contribution in [3.63, 3.8) is 0 Å². The van der Waals surface area contributed by atoms with Gasteiger partial charge in [-0.05, 0) is 12.1 Å². The number of Topliss-reactive ketones (excluding diaryl/α,β-unsaturated/α-hetero) is 1. The molecule has 9 nitrogen and oxygen atoms in total. The molecular formula is C22H15ClN4O5. The molecule has 2 saturated heterocycles. The summed E-state index contributed by atoms with van der Waals surface area (Å²) in [6.07, 6.45) is 4.90. The van der Waals surface area contributed by atoms with Gasteiger partial charge in [0.05, 0.1) is 33.5 Å². The molecule has 0 saturated carbocycles. The number of benzene rings is 2. The normalized spacial score (nSPS) is 25.8. The standard InChI is InChI=1S/C22H15ClN4O5/c23-14-9-8-13(27(31)32)11-16(14)25-21(29)17-15-7-4-10-24-26(15)19(18(17)22(25)30)20(28)12-5-2-1-3-6-12/h1-11,15,17-19H/t15-,17-,18+,19+/m1/s1. The summed E-state index contributed by atoms with van der Waals surface area (Å²) in [7, 11) is 0. The number of carbonyl (C=O) groups excluding carboxylic acids is 3. The van der Waals surface area contributed by atoms with Crippen LogP contribution in [0.4, 0.5) is 11.4 Å². The van der Waals surface area contributed by atoms with E-state index < -0.39 is 40.7 Å². The van der Waals surface area contributed by atoms with Crippen molar-refractivity contribution in [2.24, 2.45) is 16.9 Å². The van der Waals surface area contributed by atoms with Crippen LogP contribution in [0.3, 0.4) is 0 Å². The zero-order chi connectivity index (χ0) is 22.6. The van der Waals surface area contributed by atoms with Crippen LogP contribution < -0.4 is 4.90 Å². The van der Waals surface area contributed by atoms with Gasteiger partial charge in [0.1, 0.15) is 6.04 Å². The molecule has 3 aliphatic heterocycles. The highest BCUT2D eigenvalue weighted by Gasteiger charge is 2.64. The van der Waals surface area contributed by atoms with Gasteiger partial charge in [-0.3, -0.25) is 29.5 Å². The van der Waals surface area contributed by atoms with Crippen molar-refractivity contribution in [1.29, 1.82) is 0 Å². The van der Waals surface area contributed by atoms with Gasteiger partial charge in [-0.25, -0.2) is 4.90 Å². The van der Waals surface area contributed by atoms with Crippen LogP contribution in [-0.2, 0) is 9.59 Å². The van der Waals surface area contributed by atoms with Gasteiger partial charge in [-0.15, -0.1) is 0 Å². The molecule has 2 amide bonds. The number of nitro groups is 1. The van der Waals surface area contributed by atoms with Crippen LogP contribution in [0.15, 0.2) is 65.8 Å². The Morgan fingerprint density at radius 1 is 1.06 bits per heavy atom. The monoisotopic (exact) mass is 450 g/mol. The van der Waals surface area contributed by atoms with Crippen LogP contribution in [0.5, 0.6) is 0 Å². The van der Waals surface area contributed by atoms with Crippen molar-refractivity contribution in [2.45, 2.75) is 12.1 Å². The highest BCUT2D eigenvalue weighted by molar-refractivity contribution is 6.36. The third kappa shape index (κ3) is 2.85. The minimum atomic E-state index is -1.00. The topological polar surface area (TPSA) is 113 Å². The molecule has 0 N–H and O–H groups in total. The second-order valence-electron chi connectivity index (χ2n) is 7.65. The lowest BCUT2D eigenvalue weighted by Gasteiger charge is -2.30. The van der Waals surface area contributed by atoms with Gasteiger partial charge in [0.25, 0.3) is 5.69 Å². The van der Waals surface area contributed by atoms with Gasteiger partial charge >= 0.3 is 0 Å². The number of hydrogen-bond acceptors (Lipinski definition) is 7. The first kappa shape index (κ1) is 20.1. The highest BCUT2D eigenvalue weighted by Crippen LogP contribution is 2.47. The SMILES string of the molecule is O=C(c1ccccc1)[C@@H]1[C@H]2C(=O)N(c3cc([N+](=O)[O-])ccc3Cl)C(=O)[C@@H]2[C@H]2C=CC=NN21. The first-order valence-corrected chi connectivity index (χ1v) is 10.2. The Labute approximate surface area is 186 Å². The Kier molecular flexibility index (Phi) is 4.63. The molecule has 10 heteroatoms. The van der Waals surface area contributed by atoms with Crippen molar-refractivity contribution < 1.29 is 19.3 Å². The molecule has 5 rings (SSSR count). The third-order valence-corrected chi connectivity index (χ3v) is 6.32. The largest absolute Gasteiger partial charge is 0.292 e. The fourth-order valence-electron chi connectivity index (χ4n) is 4.63. The number of allylic oxidation sites excluding steroid dienone is 1. The maximum absolute atomic E-state index is 13.5. The van der Waals surface area contributed by atoms with Crippen molar-refractivity contribution in [1.82, 2.24) is 5.01 Å². The summed E-state index contributed by atoms with van der Waals surface area (Å²) in [5.74, 6) is -3.40. The minimum absolute atomic E-state index is 0.0253. The Balaban J connectivity index is 1.60. The molecule has 0 radical (unpaired) electrons. The predicted molar refractivity (Wildman–Crippen MR) is 115 cm³/mol. The highest BCUT2D eigenvalue weighted by atomic mass is 35.5. The molecule has 3 heterocycles. The van der Waals surface area contributed by atoms with Gasteiger partial charge in [-0.2, -0.15) is 5.10 Å². The lowest BCUT2D eigenvalue weighted by atomic mass is 9.86. The molecule has 0 bridgehead atoms. The Morgan fingerprint density at radius 3 is 2.50 bits per heavy atom. The zero-order valence-electron chi connectivity index (χ0n) is 16.4. The van der Waals surface area contributed by atoms with E-state index in [-0.39, 0.29) is 22.2 Å². The van der Waals surface area contributed by atoms with Crippen LogP contribution in [0.2, 0.25) is 5.02 Å². The van der Waals surface area contributed by atoms with Crippen molar-refractivity contribution in [2.75, 3.05) is 4.90 Å². The number of hydrazone groups is 1. The molecule has 32 heavy (non-hydrogen) atoms. The molecule has 2 fully saturated rings. The average Bonchev–Trinajstić information content (AvgIpc) is 3.27. The minimum Gasteiger partial charge on any atom is -0.292 e. The molecule has 0 spiro atoms. The molecule has 0 unspecified atom stereocenters. The molecule has 0 aliphatic carbocycles. The summed E-state index contributed by atoms with van der Waals surface area (Å²) in [5.41, 5.74) is 0.0301. The van der Waals surface area contributed by atoms with Gasteiger partial charge in [-0.1, -0.05) is 48.0 Å². The molecule has 160 valence electrons. The van der Waals surface area contributed by atoms with E-state index >= 15 is 0 Å². The Hall–Kier alpha value is -3.85. The number of hydrogen-bond donors (Lipinski definition) is 0. The fraction of sp³-hybridized carbons (Fsp3) is 0.182. The van der Waals surface area contributed by atoms with E-state index in [2.05, 4.69) is 5.10 Å². The lowest BCUT2D eigenvalue weighted by Crippen LogP contribution is -2.46.